The highest BCUT2D eigenvalue weighted by Gasteiger charge is 2.28. The topological polar surface area (TPSA) is 79.6 Å². The number of carbonyl (C=O) groups excluding carboxylic acids is 1. The zero-order valence-corrected chi connectivity index (χ0v) is 17.5. The Hall–Kier alpha value is -3.13. The van der Waals surface area contributed by atoms with Crippen LogP contribution in [0, 0.1) is 5.82 Å². The largest absolute Gasteiger partial charge is 0.455 e. The van der Waals surface area contributed by atoms with Gasteiger partial charge in [-0.05, 0) is 48.7 Å². The van der Waals surface area contributed by atoms with Crippen LogP contribution in [0.3, 0.4) is 0 Å². The van der Waals surface area contributed by atoms with Crippen LogP contribution in [0.5, 0.6) is 0 Å². The van der Waals surface area contributed by atoms with E-state index in [-0.39, 0.29) is 5.91 Å². The van der Waals surface area contributed by atoms with Gasteiger partial charge >= 0.3 is 0 Å². The lowest BCUT2D eigenvalue weighted by atomic mass is 9.98. The number of amides is 1. The molecule has 0 spiro atoms. The Labute approximate surface area is 174 Å². The fourth-order valence-electron chi connectivity index (χ4n) is 3.81. The second kappa shape index (κ2) is 7.28. The molecule has 0 unspecified atom stereocenters. The summed E-state index contributed by atoms with van der Waals surface area (Å²) in [7, 11) is -1.99. The van der Waals surface area contributed by atoms with E-state index < -0.39 is 15.8 Å². The van der Waals surface area contributed by atoms with Crippen molar-refractivity contribution >= 4 is 38.2 Å². The van der Waals surface area contributed by atoms with Gasteiger partial charge in [-0.3, -0.25) is 9.10 Å². The number of sulfonamides is 1. The minimum absolute atomic E-state index is 0.293. The molecule has 0 atom stereocenters. The zero-order valence-electron chi connectivity index (χ0n) is 16.7. The van der Waals surface area contributed by atoms with Crippen LogP contribution in [0.25, 0.3) is 27.9 Å². The van der Waals surface area contributed by atoms with Gasteiger partial charge in [0, 0.05) is 36.2 Å². The number of fused-ring (bicyclic) bond motifs is 2. The molecule has 0 bridgehead atoms. The van der Waals surface area contributed by atoms with Gasteiger partial charge in [0.05, 0.1) is 17.5 Å². The third-order valence-electron chi connectivity index (χ3n) is 5.26. The molecule has 30 heavy (non-hydrogen) atoms. The molecule has 0 saturated carbocycles. The van der Waals surface area contributed by atoms with E-state index in [2.05, 4.69) is 11.9 Å². The third-order valence-corrected chi connectivity index (χ3v) is 6.44. The van der Waals surface area contributed by atoms with Crippen LogP contribution in [0.15, 0.2) is 47.4 Å². The van der Waals surface area contributed by atoms with Gasteiger partial charge in [-0.1, -0.05) is 6.58 Å². The number of hydrogen-bond acceptors (Lipinski definition) is 4. The third kappa shape index (κ3) is 3.37. The molecule has 8 heteroatoms. The molecule has 1 aliphatic rings. The highest BCUT2D eigenvalue weighted by Crippen LogP contribution is 2.41. The standard InChI is InChI=1S/C22H21FN2O4S/c1-13-5-4-10-25(30(3,27)28)18-12-19-17(11-16(13)18)20(22(26)24-2)21(29-19)14-6-8-15(23)9-7-14/h6-9,11-12H,1,4-5,10H2,2-3H3,(H,24,26). The van der Waals surface area contributed by atoms with Crippen molar-refractivity contribution in [2.24, 2.45) is 0 Å². The molecule has 1 amide bonds. The number of hydrogen-bond donors (Lipinski definition) is 1. The Morgan fingerprint density at radius 2 is 1.93 bits per heavy atom. The molecule has 4 rings (SSSR count). The fraction of sp³-hybridized carbons (Fsp3) is 0.227. The molecule has 1 aromatic heterocycles. The molecule has 1 aliphatic heterocycles. The molecule has 0 saturated heterocycles. The summed E-state index contributed by atoms with van der Waals surface area (Å²) in [6.07, 6.45) is 2.45. The Bertz CT molecular complexity index is 1280. The molecule has 1 N–H and O–H groups in total. The van der Waals surface area contributed by atoms with E-state index in [0.717, 1.165) is 11.8 Å². The Morgan fingerprint density at radius 3 is 2.57 bits per heavy atom. The minimum atomic E-state index is -3.51. The van der Waals surface area contributed by atoms with Gasteiger partial charge < -0.3 is 9.73 Å². The second-order valence-electron chi connectivity index (χ2n) is 7.30. The molecule has 0 radical (unpaired) electrons. The SMILES string of the molecule is C=C1CCCN(S(C)(=O)=O)c2cc3oc(-c4ccc(F)cc4)c(C(=O)NC)c3cc21. The lowest BCUT2D eigenvalue weighted by Crippen LogP contribution is -2.30. The van der Waals surface area contributed by atoms with Crippen molar-refractivity contribution in [2.45, 2.75) is 12.8 Å². The molecule has 156 valence electrons. The first-order valence-corrected chi connectivity index (χ1v) is 11.3. The van der Waals surface area contributed by atoms with Crippen LogP contribution >= 0.6 is 0 Å². The number of furan rings is 1. The summed E-state index contributed by atoms with van der Waals surface area (Å²) in [4.78, 5) is 12.7. The van der Waals surface area contributed by atoms with Gasteiger partial charge in [0.1, 0.15) is 17.2 Å². The van der Waals surface area contributed by atoms with Gasteiger partial charge in [-0.25, -0.2) is 12.8 Å². The van der Waals surface area contributed by atoms with Crippen molar-refractivity contribution in [1.82, 2.24) is 5.32 Å². The van der Waals surface area contributed by atoms with Crippen LogP contribution in [0.2, 0.25) is 0 Å². The molecule has 3 aromatic rings. The summed E-state index contributed by atoms with van der Waals surface area (Å²) in [5.41, 5.74) is 3.17. The van der Waals surface area contributed by atoms with E-state index in [0.29, 0.717) is 58.5 Å². The second-order valence-corrected chi connectivity index (χ2v) is 9.21. The Balaban J connectivity index is 2.04. The molecular weight excluding hydrogens is 407 g/mol. The zero-order chi connectivity index (χ0) is 21.6. The van der Waals surface area contributed by atoms with E-state index in [1.54, 1.807) is 12.1 Å². The maximum absolute atomic E-state index is 13.4. The predicted molar refractivity (Wildman–Crippen MR) is 115 cm³/mol. The summed E-state index contributed by atoms with van der Waals surface area (Å²) in [6.45, 7) is 4.45. The van der Waals surface area contributed by atoms with Gasteiger partial charge in [0.2, 0.25) is 10.0 Å². The Kier molecular flexibility index (Phi) is 4.89. The smallest absolute Gasteiger partial charge is 0.255 e. The maximum atomic E-state index is 13.4. The van der Waals surface area contributed by atoms with Crippen LogP contribution < -0.4 is 9.62 Å². The number of nitrogens with one attached hydrogen (secondary N) is 1. The molecule has 2 heterocycles. The average Bonchev–Trinajstić information content (AvgIpc) is 2.98. The first kappa shape index (κ1) is 20.2. The van der Waals surface area contributed by atoms with E-state index in [1.165, 1.54) is 35.6 Å². The summed E-state index contributed by atoms with van der Waals surface area (Å²) in [6, 6.07) is 9.05. The predicted octanol–water partition coefficient (Wildman–Crippen LogP) is 4.17. The van der Waals surface area contributed by atoms with Gasteiger partial charge in [-0.15, -0.1) is 0 Å². The Morgan fingerprint density at radius 1 is 1.23 bits per heavy atom. The number of rotatable bonds is 3. The number of anilines is 1. The van der Waals surface area contributed by atoms with Gasteiger partial charge in [0.15, 0.2) is 0 Å². The van der Waals surface area contributed by atoms with Crippen molar-refractivity contribution in [3.05, 3.63) is 59.9 Å². The van der Waals surface area contributed by atoms with Gasteiger partial charge in [-0.2, -0.15) is 0 Å². The van der Waals surface area contributed by atoms with Crippen molar-refractivity contribution in [3.8, 4) is 11.3 Å². The number of nitrogens with zero attached hydrogens (tertiary/aromatic N) is 1. The highest BCUT2D eigenvalue weighted by atomic mass is 32.2. The lowest BCUT2D eigenvalue weighted by Gasteiger charge is -2.22. The summed E-state index contributed by atoms with van der Waals surface area (Å²) in [5.74, 6) is -0.462. The molecule has 2 aromatic carbocycles. The average molecular weight is 428 g/mol. The van der Waals surface area contributed by atoms with Gasteiger partial charge in [0.25, 0.3) is 5.91 Å². The van der Waals surface area contributed by atoms with E-state index in [9.17, 15) is 17.6 Å². The van der Waals surface area contributed by atoms with Crippen LogP contribution in [-0.2, 0) is 10.0 Å². The van der Waals surface area contributed by atoms with Crippen molar-refractivity contribution in [3.63, 3.8) is 0 Å². The van der Waals surface area contributed by atoms with E-state index in [4.69, 9.17) is 4.42 Å². The minimum Gasteiger partial charge on any atom is -0.455 e. The maximum Gasteiger partial charge on any atom is 0.255 e. The number of allylic oxidation sites excluding steroid dienone is 1. The first-order chi connectivity index (χ1) is 14.2. The summed E-state index contributed by atoms with van der Waals surface area (Å²) in [5, 5.41) is 3.16. The van der Waals surface area contributed by atoms with E-state index >= 15 is 0 Å². The van der Waals surface area contributed by atoms with Crippen LogP contribution in [-0.4, -0.2) is 34.2 Å². The fourth-order valence-corrected chi connectivity index (χ4v) is 4.78. The van der Waals surface area contributed by atoms with Crippen molar-refractivity contribution in [1.29, 1.82) is 0 Å². The van der Waals surface area contributed by atoms with Crippen molar-refractivity contribution in [2.75, 3.05) is 24.2 Å². The number of halogens is 1. The van der Waals surface area contributed by atoms with Crippen molar-refractivity contribution < 1.29 is 22.0 Å². The summed E-state index contributed by atoms with van der Waals surface area (Å²) >= 11 is 0. The lowest BCUT2D eigenvalue weighted by molar-refractivity contribution is 0.0964. The highest BCUT2D eigenvalue weighted by molar-refractivity contribution is 7.92. The molecular formula is C22H21FN2O4S. The number of benzene rings is 2. The first-order valence-electron chi connectivity index (χ1n) is 9.45. The van der Waals surface area contributed by atoms with E-state index in [1.807, 2.05) is 0 Å². The molecule has 6 nitrogen and oxygen atoms in total. The number of carbonyl (C=O) groups is 1. The van der Waals surface area contributed by atoms with Crippen LogP contribution in [0.1, 0.15) is 28.8 Å². The summed E-state index contributed by atoms with van der Waals surface area (Å²) < 4.78 is 45.5. The quantitative estimate of drug-likeness (QED) is 0.679. The van der Waals surface area contributed by atoms with Crippen LogP contribution in [0.4, 0.5) is 10.1 Å². The normalized spacial score (nSPS) is 14.5. The molecule has 0 fully saturated rings. The molecule has 0 aliphatic carbocycles. The monoisotopic (exact) mass is 428 g/mol.